The molecule has 0 spiro atoms. The van der Waals surface area contributed by atoms with Gasteiger partial charge >= 0.3 is 6.09 Å². The fraction of sp³-hybridized carbons (Fsp3) is 0.568. The molecule has 1 N–H and O–H groups in total. The maximum absolute atomic E-state index is 13.6. The highest BCUT2D eigenvalue weighted by atomic mass is 32.1. The van der Waals surface area contributed by atoms with Gasteiger partial charge < -0.3 is 15.0 Å². The van der Waals surface area contributed by atoms with Crippen LogP contribution >= 0.6 is 11.5 Å². The van der Waals surface area contributed by atoms with Crippen molar-refractivity contribution in [3.05, 3.63) is 60.2 Å². The summed E-state index contributed by atoms with van der Waals surface area (Å²) in [6.45, 7) is 5.53. The number of anilines is 1. The molecule has 1 aromatic heterocycles. The fourth-order valence-corrected chi connectivity index (χ4v) is 10.5. The maximum Gasteiger partial charge on any atom is 0.411 e. The van der Waals surface area contributed by atoms with Crippen LogP contribution in [0.25, 0.3) is 10.1 Å². The molecule has 3 amide bonds. The van der Waals surface area contributed by atoms with Gasteiger partial charge in [-0.3, -0.25) is 19.0 Å². The van der Waals surface area contributed by atoms with E-state index in [0.717, 1.165) is 89.1 Å². The molecular weight excluding hydrogens is 611 g/mol. The molecule has 3 saturated carbocycles. The Morgan fingerprint density at radius 2 is 1.57 bits per heavy atom. The number of aromatic nitrogens is 1. The molecule has 6 atom stereocenters. The van der Waals surface area contributed by atoms with Crippen molar-refractivity contribution in [3.8, 4) is 0 Å². The van der Waals surface area contributed by atoms with Crippen molar-refractivity contribution in [2.45, 2.75) is 51.5 Å². The van der Waals surface area contributed by atoms with Crippen LogP contribution in [0, 0.1) is 35.5 Å². The topological polar surface area (TPSA) is 91.8 Å². The minimum atomic E-state index is -0.395. The Hall–Kier alpha value is -3.50. The lowest BCUT2D eigenvalue weighted by Crippen LogP contribution is -2.63. The van der Waals surface area contributed by atoms with E-state index in [-0.39, 0.29) is 29.6 Å². The van der Waals surface area contributed by atoms with Crippen molar-refractivity contribution in [1.82, 2.24) is 14.6 Å². The zero-order valence-electron chi connectivity index (χ0n) is 27.1. The molecule has 2 bridgehead atoms. The molecule has 3 heterocycles. The summed E-state index contributed by atoms with van der Waals surface area (Å²) in [6.07, 6.45) is 7.31. The monoisotopic (exact) mass is 656 g/mol. The Morgan fingerprint density at radius 1 is 0.894 bits per heavy atom. The van der Waals surface area contributed by atoms with Gasteiger partial charge in [-0.05, 0) is 79.1 Å². The number of alkyl carbamates (subject to hydrolysis) is 1. The van der Waals surface area contributed by atoms with Crippen molar-refractivity contribution < 1.29 is 23.6 Å². The maximum atomic E-state index is 13.6. The summed E-state index contributed by atoms with van der Waals surface area (Å²) in [6, 6.07) is 18.3. The van der Waals surface area contributed by atoms with Crippen LogP contribution in [0.2, 0.25) is 0 Å². The van der Waals surface area contributed by atoms with Crippen molar-refractivity contribution in [2.24, 2.45) is 35.5 Å². The van der Waals surface area contributed by atoms with Gasteiger partial charge in [-0.25, -0.2) is 4.79 Å². The first kappa shape index (κ1) is 30.8. The number of rotatable bonds is 9. The molecule has 2 aromatic carbocycles. The second-order valence-electron chi connectivity index (χ2n) is 14.8. The number of quaternary nitrogens is 1. The Labute approximate surface area is 281 Å². The van der Waals surface area contributed by atoms with Crippen LogP contribution in [0.3, 0.4) is 0 Å². The Bertz CT molecular complexity index is 1590. The molecule has 2 saturated heterocycles. The molecule has 0 radical (unpaired) electrons. The molecule has 10 heteroatoms. The average Bonchev–Trinajstić information content (AvgIpc) is 3.89. The molecular formula is C37H46N5O4S+. The van der Waals surface area contributed by atoms with E-state index in [1.54, 1.807) is 16.4 Å². The SMILES string of the molecule is O=C(NCc1ccccc1)OC[N+]1(CC2CCCCC2CN2C(=O)C3C4CCC(C4)C3C2=O)CCN(c2nsc3ccccc23)CC1. The predicted octanol–water partition coefficient (Wildman–Crippen LogP) is 5.65. The first-order valence-electron chi connectivity index (χ1n) is 17.7. The number of ether oxygens (including phenoxy) is 1. The average molecular weight is 657 g/mol. The highest BCUT2D eigenvalue weighted by molar-refractivity contribution is 7.13. The van der Waals surface area contributed by atoms with Crippen molar-refractivity contribution in [2.75, 3.05) is 50.9 Å². The standard InChI is InChI=1S/C37H45N5O4S/c43-35-32-26-14-15-27(20-26)33(32)36(44)41(35)22-28-10-4-5-11-29(28)23-42(24-46-37(45)38-21-25-8-2-1-3-9-25)18-16-40(17-19-42)34-30-12-6-7-13-31(30)47-39-34/h1-3,6-9,12-13,26-29,32-33H,4-5,10-11,14-24H2/p+1. The zero-order valence-corrected chi connectivity index (χ0v) is 27.9. The summed E-state index contributed by atoms with van der Waals surface area (Å²) >= 11 is 1.55. The van der Waals surface area contributed by atoms with Gasteiger partial charge in [-0.2, -0.15) is 4.37 Å². The summed E-state index contributed by atoms with van der Waals surface area (Å²) < 4.78 is 12.7. The second-order valence-corrected chi connectivity index (χ2v) is 15.6. The minimum absolute atomic E-state index is 0.0562. The van der Waals surface area contributed by atoms with Gasteiger partial charge in [0.2, 0.25) is 18.5 Å². The minimum Gasteiger partial charge on any atom is -0.399 e. The number of likely N-dealkylation sites (tertiary alicyclic amines) is 1. The number of carbonyl (C=O) groups is 3. The van der Waals surface area contributed by atoms with Gasteiger partial charge in [0, 0.05) is 24.4 Å². The Morgan fingerprint density at radius 3 is 2.32 bits per heavy atom. The molecule has 8 rings (SSSR count). The van der Waals surface area contributed by atoms with Gasteiger partial charge in [0.1, 0.15) is 0 Å². The number of nitrogens with one attached hydrogen (secondary N) is 1. The third-order valence-electron chi connectivity index (χ3n) is 12.2. The van der Waals surface area contributed by atoms with E-state index in [1.165, 1.54) is 10.1 Å². The summed E-state index contributed by atoms with van der Waals surface area (Å²) in [5.74, 6) is 2.65. The van der Waals surface area contributed by atoms with E-state index in [4.69, 9.17) is 9.11 Å². The van der Waals surface area contributed by atoms with Crippen LogP contribution in [0.15, 0.2) is 54.6 Å². The normalized spacial score (nSPS) is 29.8. The van der Waals surface area contributed by atoms with E-state index in [2.05, 4.69) is 34.5 Å². The largest absolute Gasteiger partial charge is 0.411 e. The number of amides is 3. The van der Waals surface area contributed by atoms with Gasteiger partial charge in [-0.1, -0.05) is 55.3 Å². The third kappa shape index (κ3) is 5.92. The smallest absolute Gasteiger partial charge is 0.399 e. The van der Waals surface area contributed by atoms with Crippen molar-refractivity contribution in [3.63, 3.8) is 0 Å². The van der Waals surface area contributed by atoms with Crippen LogP contribution in [0.4, 0.5) is 10.6 Å². The quantitative estimate of drug-likeness (QED) is 0.236. The fourth-order valence-electron chi connectivity index (χ4n) is 9.73. The van der Waals surface area contributed by atoms with Crippen LogP contribution in [0.1, 0.15) is 50.5 Å². The number of carbonyl (C=O) groups excluding carboxylic acids is 3. The van der Waals surface area contributed by atoms with E-state index in [9.17, 15) is 14.4 Å². The third-order valence-corrected chi connectivity index (χ3v) is 13.0. The molecule has 47 heavy (non-hydrogen) atoms. The first-order valence-corrected chi connectivity index (χ1v) is 18.5. The number of fused-ring (bicyclic) bond motifs is 6. The summed E-state index contributed by atoms with van der Waals surface area (Å²) in [7, 11) is 0. The summed E-state index contributed by atoms with van der Waals surface area (Å²) in [4.78, 5) is 44.3. The van der Waals surface area contributed by atoms with Crippen LogP contribution in [0.5, 0.6) is 0 Å². The Balaban J connectivity index is 0.974. The van der Waals surface area contributed by atoms with Crippen molar-refractivity contribution in [1.29, 1.82) is 0 Å². The lowest BCUT2D eigenvalue weighted by atomic mass is 9.78. The lowest BCUT2D eigenvalue weighted by Gasteiger charge is -2.47. The van der Waals surface area contributed by atoms with Crippen LogP contribution in [-0.2, 0) is 20.9 Å². The lowest BCUT2D eigenvalue weighted by molar-refractivity contribution is -0.947. The van der Waals surface area contributed by atoms with Crippen molar-refractivity contribution >= 4 is 45.3 Å². The predicted molar refractivity (Wildman–Crippen MR) is 181 cm³/mol. The number of hydrogen-bond acceptors (Lipinski definition) is 7. The molecule has 9 nitrogen and oxygen atoms in total. The number of benzene rings is 2. The molecule has 5 aliphatic rings. The molecule has 5 fully saturated rings. The van der Waals surface area contributed by atoms with Gasteiger partial charge in [0.15, 0.2) is 5.82 Å². The molecule has 2 aliphatic heterocycles. The Kier molecular flexibility index (Phi) is 8.42. The first-order chi connectivity index (χ1) is 23.0. The highest BCUT2D eigenvalue weighted by Crippen LogP contribution is 2.56. The van der Waals surface area contributed by atoms with Gasteiger partial charge in [0.25, 0.3) is 0 Å². The van der Waals surface area contributed by atoms with E-state index < -0.39 is 6.09 Å². The number of piperazine rings is 1. The summed E-state index contributed by atoms with van der Waals surface area (Å²) in [5.41, 5.74) is 1.03. The van der Waals surface area contributed by atoms with Crippen LogP contribution in [-0.4, -0.2) is 77.7 Å². The van der Waals surface area contributed by atoms with E-state index in [0.29, 0.717) is 42.1 Å². The highest BCUT2D eigenvalue weighted by Gasteiger charge is 2.61. The second kappa shape index (κ2) is 12.8. The van der Waals surface area contributed by atoms with Gasteiger partial charge in [-0.15, -0.1) is 0 Å². The number of imide groups is 1. The molecule has 3 aromatic rings. The molecule has 6 unspecified atom stereocenters. The van der Waals surface area contributed by atoms with E-state index >= 15 is 0 Å². The summed E-state index contributed by atoms with van der Waals surface area (Å²) in [5, 5.41) is 4.13. The number of hydrogen-bond donors (Lipinski definition) is 1. The molecule has 248 valence electrons. The van der Waals surface area contributed by atoms with Crippen LogP contribution < -0.4 is 10.2 Å². The molecule has 3 aliphatic carbocycles. The number of nitrogens with zero attached hydrogens (tertiary/aromatic N) is 4. The van der Waals surface area contributed by atoms with Gasteiger partial charge in [0.05, 0.1) is 49.3 Å². The van der Waals surface area contributed by atoms with E-state index in [1.807, 2.05) is 30.3 Å². The zero-order chi connectivity index (χ0) is 32.0.